The molecule has 2 heterocycles. The van der Waals surface area contributed by atoms with E-state index in [4.69, 9.17) is 15.9 Å². The second-order valence-electron chi connectivity index (χ2n) is 6.07. The number of nitrogens with two attached hydrogens (primary N) is 2. The highest BCUT2D eigenvalue weighted by Crippen LogP contribution is 2.29. The number of anilines is 2. The zero-order valence-corrected chi connectivity index (χ0v) is 15.1. The van der Waals surface area contributed by atoms with Crippen LogP contribution in [0.2, 0.25) is 0 Å². The molecule has 2 aromatic heterocycles. The van der Waals surface area contributed by atoms with Gasteiger partial charge in [-0.15, -0.1) is 0 Å². The van der Waals surface area contributed by atoms with Gasteiger partial charge in [0.15, 0.2) is 5.16 Å². The van der Waals surface area contributed by atoms with Gasteiger partial charge in [-0.2, -0.15) is 15.0 Å². The Morgan fingerprint density at radius 3 is 2.44 bits per heavy atom. The van der Waals surface area contributed by atoms with Gasteiger partial charge in [0.2, 0.25) is 11.9 Å². The molecule has 25 heavy (non-hydrogen) atoms. The Morgan fingerprint density at radius 1 is 1.12 bits per heavy atom. The lowest BCUT2D eigenvalue weighted by Gasteiger charge is -2.12. The van der Waals surface area contributed by atoms with Crippen LogP contribution in [0.5, 0.6) is 0 Å². The summed E-state index contributed by atoms with van der Waals surface area (Å²) in [4.78, 5) is 23.7. The van der Waals surface area contributed by atoms with Crippen LogP contribution in [0.3, 0.4) is 0 Å². The third-order valence-corrected chi connectivity index (χ3v) is 4.74. The van der Waals surface area contributed by atoms with Gasteiger partial charge in [-0.05, 0) is 41.7 Å². The van der Waals surface area contributed by atoms with Crippen LogP contribution in [0.4, 0.5) is 11.9 Å². The minimum atomic E-state index is -0.380. The maximum Gasteiger partial charge on any atom is 0.336 e. The smallest absolute Gasteiger partial charge is 0.336 e. The van der Waals surface area contributed by atoms with Gasteiger partial charge in [0.1, 0.15) is 5.58 Å². The standard InChI is InChI=1S/C17H19N5O2S/c1-8(2)11-6-12-10(5-14(23)24-13(12)4-9(11)3)7-25-17-21-15(18)20-16(19)22-17/h4-6,8H,7H2,1-3H3,(H4,18,19,20,21,22). The molecule has 3 rings (SSSR count). The summed E-state index contributed by atoms with van der Waals surface area (Å²) in [5.41, 5.74) is 14.6. The molecular formula is C17H19N5O2S. The fourth-order valence-electron chi connectivity index (χ4n) is 2.73. The van der Waals surface area contributed by atoms with E-state index in [-0.39, 0.29) is 17.5 Å². The van der Waals surface area contributed by atoms with Crippen molar-refractivity contribution in [3.05, 3.63) is 45.3 Å². The quantitative estimate of drug-likeness (QED) is 0.540. The summed E-state index contributed by atoms with van der Waals surface area (Å²) < 4.78 is 5.36. The first-order valence-corrected chi connectivity index (χ1v) is 8.79. The molecule has 0 fully saturated rings. The van der Waals surface area contributed by atoms with E-state index in [0.29, 0.717) is 22.4 Å². The van der Waals surface area contributed by atoms with Crippen molar-refractivity contribution in [1.82, 2.24) is 15.0 Å². The average molecular weight is 357 g/mol. The molecule has 8 heteroatoms. The molecule has 1 aromatic carbocycles. The Hall–Kier alpha value is -2.61. The van der Waals surface area contributed by atoms with Crippen molar-refractivity contribution in [1.29, 1.82) is 0 Å². The van der Waals surface area contributed by atoms with Crippen molar-refractivity contribution in [3.63, 3.8) is 0 Å². The van der Waals surface area contributed by atoms with Crippen LogP contribution < -0.4 is 17.1 Å². The highest BCUT2D eigenvalue weighted by Gasteiger charge is 2.12. The maximum atomic E-state index is 11.9. The molecule has 0 aliphatic heterocycles. The van der Waals surface area contributed by atoms with Crippen LogP contribution in [0.1, 0.15) is 36.5 Å². The monoisotopic (exact) mass is 357 g/mol. The Morgan fingerprint density at radius 2 is 1.80 bits per heavy atom. The van der Waals surface area contributed by atoms with Gasteiger partial charge in [0, 0.05) is 17.2 Å². The Labute approximate surface area is 148 Å². The Kier molecular flexibility index (Phi) is 4.63. The average Bonchev–Trinajstić information content (AvgIpc) is 2.50. The van der Waals surface area contributed by atoms with E-state index in [0.717, 1.165) is 16.5 Å². The summed E-state index contributed by atoms with van der Waals surface area (Å²) in [5.74, 6) is 1.02. The number of benzene rings is 1. The molecule has 0 bridgehead atoms. The summed E-state index contributed by atoms with van der Waals surface area (Å²) in [5, 5.41) is 1.33. The summed E-state index contributed by atoms with van der Waals surface area (Å²) in [6.07, 6.45) is 0. The molecule has 0 aliphatic carbocycles. The van der Waals surface area contributed by atoms with Gasteiger partial charge < -0.3 is 15.9 Å². The number of aryl methyl sites for hydroxylation is 1. The van der Waals surface area contributed by atoms with Crippen molar-refractivity contribution in [3.8, 4) is 0 Å². The SMILES string of the molecule is Cc1cc2oc(=O)cc(CSc3nc(N)nc(N)n3)c2cc1C(C)C. The van der Waals surface area contributed by atoms with Gasteiger partial charge in [-0.25, -0.2) is 4.79 Å². The molecule has 0 saturated carbocycles. The molecular weight excluding hydrogens is 338 g/mol. The summed E-state index contributed by atoms with van der Waals surface area (Å²) in [6.45, 7) is 6.29. The zero-order chi connectivity index (χ0) is 18.1. The van der Waals surface area contributed by atoms with E-state index in [1.54, 1.807) is 0 Å². The number of hydrogen-bond donors (Lipinski definition) is 2. The summed E-state index contributed by atoms with van der Waals surface area (Å²) in [6, 6.07) is 5.51. The second-order valence-corrected chi connectivity index (χ2v) is 7.02. The van der Waals surface area contributed by atoms with E-state index < -0.39 is 0 Å². The van der Waals surface area contributed by atoms with Crippen molar-refractivity contribution >= 4 is 34.6 Å². The fourth-order valence-corrected chi connectivity index (χ4v) is 3.57. The number of thioether (sulfide) groups is 1. The minimum absolute atomic E-state index is 0.0742. The molecule has 0 aliphatic rings. The van der Waals surface area contributed by atoms with E-state index in [2.05, 4.69) is 34.9 Å². The number of hydrogen-bond acceptors (Lipinski definition) is 8. The van der Waals surface area contributed by atoms with Crippen LogP contribution in [0, 0.1) is 6.92 Å². The maximum absolute atomic E-state index is 11.9. The Balaban J connectivity index is 2.02. The predicted molar refractivity (Wildman–Crippen MR) is 99.5 cm³/mol. The second kappa shape index (κ2) is 6.72. The zero-order valence-electron chi connectivity index (χ0n) is 14.2. The van der Waals surface area contributed by atoms with Crippen LogP contribution in [-0.4, -0.2) is 15.0 Å². The first kappa shape index (κ1) is 17.2. The van der Waals surface area contributed by atoms with Crippen LogP contribution >= 0.6 is 11.8 Å². The number of aromatic nitrogens is 3. The number of nitrogen functional groups attached to an aromatic ring is 2. The van der Waals surface area contributed by atoms with Crippen molar-refractivity contribution < 1.29 is 4.42 Å². The van der Waals surface area contributed by atoms with E-state index in [1.165, 1.54) is 23.4 Å². The molecule has 0 unspecified atom stereocenters. The molecule has 0 saturated heterocycles. The molecule has 7 nitrogen and oxygen atoms in total. The lowest BCUT2D eigenvalue weighted by Crippen LogP contribution is -2.04. The molecule has 130 valence electrons. The highest BCUT2D eigenvalue weighted by molar-refractivity contribution is 7.98. The van der Waals surface area contributed by atoms with Crippen molar-refractivity contribution in [2.45, 2.75) is 37.6 Å². The van der Waals surface area contributed by atoms with Crippen LogP contribution in [0.25, 0.3) is 11.0 Å². The Bertz CT molecular complexity index is 980. The molecule has 4 N–H and O–H groups in total. The molecule has 0 amide bonds. The molecule has 3 aromatic rings. The summed E-state index contributed by atoms with van der Waals surface area (Å²) in [7, 11) is 0. The summed E-state index contributed by atoms with van der Waals surface area (Å²) >= 11 is 1.34. The first-order chi connectivity index (χ1) is 11.8. The topological polar surface area (TPSA) is 121 Å². The van der Waals surface area contributed by atoms with E-state index in [1.807, 2.05) is 13.0 Å². The predicted octanol–water partition coefficient (Wildman–Crippen LogP) is 2.87. The first-order valence-electron chi connectivity index (χ1n) is 7.80. The fraction of sp³-hybridized carbons (Fsp3) is 0.294. The van der Waals surface area contributed by atoms with Gasteiger partial charge in [0.25, 0.3) is 0 Å². The van der Waals surface area contributed by atoms with Crippen LogP contribution in [0.15, 0.2) is 32.6 Å². The molecule has 0 radical (unpaired) electrons. The molecule has 0 atom stereocenters. The third kappa shape index (κ3) is 3.74. The third-order valence-electron chi connectivity index (χ3n) is 3.85. The highest BCUT2D eigenvalue weighted by atomic mass is 32.2. The van der Waals surface area contributed by atoms with Crippen molar-refractivity contribution in [2.75, 3.05) is 11.5 Å². The van der Waals surface area contributed by atoms with E-state index >= 15 is 0 Å². The lowest BCUT2D eigenvalue weighted by atomic mass is 9.95. The normalized spacial score (nSPS) is 11.4. The number of fused-ring (bicyclic) bond motifs is 1. The van der Waals surface area contributed by atoms with Crippen molar-refractivity contribution in [2.24, 2.45) is 0 Å². The minimum Gasteiger partial charge on any atom is -0.423 e. The van der Waals surface area contributed by atoms with Gasteiger partial charge >= 0.3 is 5.63 Å². The van der Waals surface area contributed by atoms with Crippen LogP contribution in [-0.2, 0) is 5.75 Å². The van der Waals surface area contributed by atoms with Gasteiger partial charge in [0.05, 0.1) is 0 Å². The van der Waals surface area contributed by atoms with E-state index in [9.17, 15) is 4.79 Å². The largest absolute Gasteiger partial charge is 0.423 e. The molecule has 0 spiro atoms. The van der Waals surface area contributed by atoms with Gasteiger partial charge in [-0.3, -0.25) is 0 Å². The van der Waals surface area contributed by atoms with Gasteiger partial charge in [-0.1, -0.05) is 25.6 Å². The number of rotatable bonds is 4. The lowest BCUT2D eigenvalue weighted by molar-refractivity contribution is 0.559. The number of nitrogens with zero attached hydrogens (tertiary/aromatic N) is 3.